The Labute approximate surface area is 194 Å². The zero-order valence-corrected chi connectivity index (χ0v) is 22.1. The molecule has 0 radical (unpaired) electrons. The number of anilines is 1. The van der Waals surface area contributed by atoms with Crippen LogP contribution in [0.4, 0.5) is 10.6 Å². The molecule has 3 aliphatic rings. The summed E-state index contributed by atoms with van der Waals surface area (Å²) in [6.45, 7) is 19.9. The first-order valence-corrected chi connectivity index (χ1v) is 15.0. The van der Waals surface area contributed by atoms with Crippen molar-refractivity contribution in [2.24, 2.45) is 11.8 Å². The summed E-state index contributed by atoms with van der Waals surface area (Å²) in [4.78, 5) is 22.1. The number of amides is 1. The summed E-state index contributed by atoms with van der Waals surface area (Å²) in [7, 11) is -1.94. The van der Waals surface area contributed by atoms with Gasteiger partial charge in [-0.2, -0.15) is 0 Å². The van der Waals surface area contributed by atoms with Gasteiger partial charge < -0.3 is 14.1 Å². The number of fused-ring (bicyclic) bond motifs is 1. The number of ether oxygens (including phenoxy) is 1. The van der Waals surface area contributed by atoms with Crippen LogP contribution in [-0.4, -0.2) is 55.6 Å². The van der Waals surface area contributed by atoms with Crippen LogP contribution in [0, 0.1) is 11.8 Å². The average molecular weight is 460 g/mol. The Morgan fingerprint density at radius 1 is 1.03 bits per heavy atom. The molecular formula is C25H41N3O3Si. The van der Waals surface area contributed by atoms with Crippen molar-refractivity contribution in [1.29, 1.82) is 0 Å². The largest absolute Gasteiger partial charge is 0.444 e. The Kier molecular flexibility index (Phi) is 5.90. The fourth-order valence-electron chi connectivity index (χ4n) is 4.68. The molecule has 0 aromatic carbocycles. The van der Waals surface area contributed by atoms with E-state index in [1.807, 2.05) is 31.9 Å². The molecule has 2 saturated heterocycles. The van der Waals surface area contributed by atoms with E-state index in [4.69, 9.17) is 14.1 Å². The van der Waals surface area contributed by atoms with Gasteiger partial charge in [0, 0.05) is 25.8 Å². The van der Waals surface area contributed by atoms with Crippen LogP contribution >= 0.6 is 0 Å². The summed E-state index contributed by atoms with van der Waals surface area (Å²) >= 11 is 0. The van der Waals surface area contributed by atoms with Gasteiger partial charge in [-0.1, -0.05) is 26.8 Å². The molecule has 1 aromatic rings. The Bertz CT molecular complexity index is 833. The van der Waals surface area contributed by atoms with Gasteiger partial charge in [-0.25, -0.2) is 9.78 Å². The van der Waals surface area contributed by atoms with Crippen molar-refractivity contribution >= 4 is 20.2 Å². The van der Waals surface area contributed by atoms with Crippen LogP contribution < -0.4 is 4.90 Å². The number of nitrogens with zero attached hydrogens (tertiary/aromatic N) is 3. The maximum Gasteiger partial charge on any atom is 0.410 e. The monoisotopic (exact) mass is 459 g/mol. The van der Waals surface area contributed by atoms with Gasteiger partial charge >= 0.3 is 6.09 Å². The SMILES string of the molecule is CC(C)(C)OC(=O)N1C[C@@H](O[Si](C)(C)C(C)(C)C)C[C@@H]1c1ccc(N2CC3CC3C2)nc1. The van der Waals surface area contributed by atoms with E-state index < -0.39 is 13.9 Å². The fourth-order valence-corrected chi connectivity index (χ4v) is 6.04. The second kappa shape index (κ2) is 8.01. The second-order valence-corrected chi connectivity index (χ2v) is 17.3. The number of hydrogen-bond acceptors (Lipinski definition) is 5. The number of likely N-dealkylation sites (tertiary alicyclic amines) is 1. The highest BCUT2D eigenvalue weighted by atomic mass is 28.4. The molecule has 3 fully saturated rings. The normalized spacial score (nSPS) is 28.1. The molecule has 6 nitrogen and oxygen atoms in total. The number of aromatic nitrogens is 1. The molecule has 0 bridgehead atoms. The third-order valence-electron chi connectivity index (χ3n) is 7.62. The molecule has 0 spiro atoms. The molecule has 1 amide bonds. The van der Waals surface area contributed by atoms with E-state index >= 15 is 0 Å². The van der Waals surface area contributed by atoms with Crippen molar-refractivity contribution in [3.05, 3.63) is 23.9 Å². The summed E-state index contributed by atoms with van der Waals surface area (Å²) in [5.74, 6) is 2.81. The predicted octanol–water partition coefficient (Wildman–Crippen LogP) is 5.61. The van der Waals surface area contributed by atoms with Crippen molar-refractivity contribution in [1.82, 2.24) is 9.88 Å². The minimum atomic E-state index is -1.94. The van der Waals surface area contributed by atoms with Gasteiger partial charge in [-0.3, -0.25) is 4.90 Å². The quantitative estimate of drug-likeness (QED) is 0.548. The van der Waals surface area contributed by atoms with E-state index in [9.17, 15) is 4.79 Å². The van der Waals surface area contributed by atoms with Crippen LogP contribution in [-0.2, 0) is 9.16 Å². The van der Waals surface area contributed by atoms with Crippen molar-refractivity contribution in [2.75, 3.05) is 24.5 Å². The summed E-state index contributed by atoms with van der Waals surface area (Å²) in [6.07, 6.45) is 3.86. The Hall–Kier alpha value is -1.60. The fraction of sp³-hybridized carbons (Fsp3) is 0.760. The molecular weight excluding hydrogens is 418 g/mol. The maximum absolute atomic E-state index is 13.1. The average Bonchev–Trinajstić information content (AvgIpc) is 3.07. The van der Waals surface area contributed by atoms with Gasteiger partial charge in [-0.05, 0) is 75.2 Å². The Morgan fingerprint density at radius 2 is 1.69 bits per heavy atom. The van der Waals surface area contributed by atoms with E-state index in [0.717, 1.165) is 42.7 Å². The van der Waals surface area contributed by atoms with Crippen LogP contribution in [0.5, 0.6) is 0 Å². The highest BCUT2D eigenvalue weighted by Gasteiger charge is 2.46. The molecule has 0 N–H and O–H groups in total. The van der Waals surface area contributed by atoms with E-state index in [-0.39, 0.29) is 23.3 Å². The number of rotatable bonds is 4. The minimum Gasteiger partial charge on any atom is -0.444 e. The van der Waals surface area contributed by atoms with Gasteiger partial charge in [0.05, 0.1) is 12.1 Å². The van der Waals surface area contributed by atoms with Gasteiger partial charge in [0.1, 0.15) is 11.4 Å². The molecule has 178 valence electrons. The van der Waals surface area contributed by atoms with E-state index in [1.54, 1.807) is 0 Å². The number of carbonyl (C=O) groups excluding carboxylic acids is 1. The lowest BCUT2D eigenvalue weighted by Crippen LogP contribution is -2.45. The van der Waals surface area contributed by atoms with Crippen LogP contribution in [0.2, 0.25) is 18.1 Å². The van der Waals surface area contributed by atoms with Crippen molar-refractivity contribution in [3.8, 4) is 0 Å². The van der Waals surface area contributed by atoms with Crippen LogP contribution in [0.25, 0.3) is 0 Å². The first kappa shape index (κ1) is 23.6. The third-order valence-corrected chi connectivity index (χ3v) is 12.2. The molecule has 3 heterocycles. The molecule has 4 atom stereocenters. The molecule has 2 unspecified atom stereocenters. The van der Waals surface area contributed by atoms with Crippen molar-refractivity contribution in [3.63, 3.8) is 0 Å². The molecule has 1 aromatic heterocycles. The van der Waals surface area contributed by atoms with Crippen LogP contribution in [0.15, 0.2) is 18.3 Å². The van der Waals surface area contributed by atoms with Gasteiger partial charge in [0.25, 0.3) is 0 Å². The van der Waals surface area contributed by atoms with Crippen LogP contribution in [0.3, 0.4) is 0 Å². The molecule has 1 saturated carbocycles. The van der Waals surface area contributed by atoms with Gasteiger partial charge in [-0.15, -0.1) is 0 Å². The van der Waals surface area contributed by atoms with Gasteiger partial charge in [0.2, 0.25) is 0 Å². The molecule has 4 rings (SSSR count). The molecule has 2 aliphatic heterocycles. The lowest BCUT2D eigenvalue weighted by molar-refractivity contribution is 0.0208. The maximum atomic E-state index is 13.1. The lowest BCUT2D eigenvalue weighted by atomic mass is 10.1. The first-order valence-electron chi connectivity index (χ1n) is 12.1. The standard InChI is InChI=1S/C25H41N3O3Si/c1-24(2,3)30-23(29)28-16-20(31-32(7,8)25(4,5)6)12-21(28)17-9-10-22(26-13-17)27-14-18-11-19(18)15-27/h9-10,13,18-21H,11-12,14-16H2,1-8H3/t18?,19?,20-,21+/m0/s1. The van der Waals surface area contributed by atoms with Crippen molar-refractivity contribution in [2.45, 2.75) is 90.3 Å². The topological polar surface area (TPSA) is 54.9 Å². The zero-order chi connectivity index (χ0) is 23.5. The summed E-state index contributed by atoms with van der Waals surface area (Å²) in [6, 6.07) is 4.19. The molecule has 1 aliphatic carbocycles. The van der Waals surface area contributed by atoms with E-state index in [0.29, 0.717) is 6.54 Å². The summed E-state index contributed by atoms with van der Waals surface area (Å²) in [5.41, 5.74) is 0.531. The smallest absolute Gasteiger partial charge is 0.410 e. The minimum absolute atomic E-state index is 0.0128. The van der Waals surface area contributed by atoms with Gasteiger partial charge in [0.15, 0.2) is 8.32 Å². The zero-order valence-electron chi connectivity index (χ0n) is 21.1. The summed E-state index contributed by atoms with van der Waals surface area (Å²) < 4.78 is 12.5. The third kappa shape index (κ3) is 4.98. The summed E-state index contributed by atoms with van der Waals surface area (Å²) in [5, 5.41) is 0.126. The molecule has 7 heteroatoms. The predicted molar refractivity (Wildman–Crippen MR) is 130 cm³/mol. The second-order valence-electron chi connectivity index (χ2n) is 12.5. The van der Waals surface area contributed by atoms with Crippen molar-refractivity contribution < 1.29 is 14.0 Å². The number of piperidine rings is 1. The van der Waals surface area contributed by atoms with Crippen LogP contribution in [0.1, 0.15) is 66.0 Å². The Balaban J connectivity index is 1.52. The highest BCUT2D eigenvalue weighted by Crippen LogP contribution is 2.46. The number of pyridine rings is 1. The number of hydrogen-bond donors (Lipinski definition) is 0. The lowest BCUT2D eigenvalue weighted by Gasteiger charge is -2.38. The van der Waals surface area contributed by atoms with E-state index in [2.05, 4.69) is 50.9 Å². The van der Waals surface area contributed by atoms with E-state index in [1.165, 1.54) is 6.42 Å². The first-order chi connectivity index (χ1) is 14.7. The highest BCUT2D eigenvalue weighted by molar-refractivity contribution is 6.74. The Morgan fingerprint density at radius 3 is 2.22 bits per heavy atom. The number of carbonyl (C=O) groups is 1. The molecule has 32 heavy (non-hydrogen) atoms.